The number of likely N-dealkylation sites (tertiary alicyclic amines) is 1. The molecule has 2 saturated heterocycles. The number of amides is 1. The Bertz CT molecular complexity index is 949. The van der Waals surface area contributed by atoms with Gasteiger partial charge >= 0.3 is 0 Å². The van der Waals surface area contributed by atoms with Crippen LogP contribution in [0, 0.1) is 11.2 Å². The molecule has 1 amide bonds. The molecule has 32 heavy (non-hydrogen) atoms. The fraction of sp³-hybridized carbons (Fsp3) is 0.519. The molecule has 3 aliphatic rings. The number of piperidine rings is 1. The van der Waals surface area contributed by atoms with E-state index in [4.69, 9.17) is 0 Å². The zero-order valence-electron chi connectivity index (χ0n) is 19.1. The first-order chi connectivity index (χ1) is 15.4. The van der Waals surface area contributed by atoms with Crippen LogP contribution in [0.15, 0.2) is 54.6 Å². The fourth-order valence-corrected chi connectivity index (χ4v) is 6.60. The smallest absolute Gasteiger partial charge is 0.237 e. The van der Waals surface area contributed by atoms with Crippen molar-refractivity contribution in [1.82, 2.24) is 15.1 Å². The van der Waals surface area contributed by atoms with Crippen molar-refractivity contribution in [2.24, 2.45) is 5.41 Å². The quantitative estimate of drug-likeness (QED) is 0.745. The second-order valence-corrected chi connectivity index (χ2v) is 10.3. The van der Waals surface area contributed by atoms with Crippen LogP contribution < -0.4 is 5.32 Å². The fourth-order valence-electron chi connectivity index (χ4n) is 6.60. The molecule has 5 atom stereocenters. The third kappa shape index (κ3) is 3.97. The summed E-state index contributed by atoms with van der Waals surface area (Å²) < 4.78 is 13.3. The first-order valence-corrected chi connectivity index (χ1v) is 12.0. The molecule has 1 saturated carbocycles. The lowest BCUT2D eigenvalue weighted by atomic mass is 9.64. The van der Waals surface area contributed by atoms with Gasteiger partial charge in [0, 0.05) is 30.1 Å². The van der Waals surface area contributed by atoms with Crippen LogP contribution in [0.3, 0.4) is 0 Å². The molecule has 1 N–H and O–H groups in total. The summed E-state index contributed by atoms with van der Waals surface area (Å²) in [5.41, 5.74) is 2.48. The predicted octanol–water partition coefficient (Wildman–Crippen LogP) is 4.00. The summed E-state index contributed by atoms with van der Waals surface area (Å²) >= 11 is 0. The number of nitrogens with one attached hydrogen (secondary N) is 1. The Hall–Kier alpha value is -2.24. The monoisotopic (exact) mass is 435 g/mol. The van der Waals surface area contributed by atoms with Crippen molar-refractivity contribution >= 4 is 5.91 Å². The minimum Gasteiger partial charge on any atom is -0.333 e. The van der Waals surface area contributed by atoms with E-state index in [0.717, 1.165) is 24.8 Å². The van der Waals surface area contributed by atoms with Crippen molar-refractivity contribution in [1.29, 1.82) is 0 Å². The molecule has 170 valence electrons. The van der Waals surface area contributed by atoms with Crippen LogP contribution in [0.1, 0.15) is 43.7 Å². The molecule has 4 nitrogen and oxygen atoms in total. The number of likely N-dealkylation sites (N-methyl/N-ethyl adjacent to an activating group) is 1. The third-order valence-electron chi connectivity index (χ3n) is 8.11. The van der Waals surface area contributed by atoms with Crippen LogP contribution in [-0.2, 0) is 17.8 Å². The Morgan fingerprint density at radius 1 is 1.12 bits per heavy atom. The van der Waals surface area contributed by atoms with Crippen molar-refractivity contribution in [3.8, 4) is 0 Å². The van der Waals surface area contributed by atoms with E-state index < -0.39 is 0 Å². The largest absolute Gasteiger partial charge is 0.333 e. The maximum Gasteiger partial charge on any atom is 0.237 e. The average Bonchev–Trinajstić information content (AvgIpc) is 3.12. The maximum absolute atomic E-state index is 13.8. The number of nitrogens with zero attached hydrogens (tertiary/aromatic N) is 2. The lowest BCUT2D eigenvalue weighted by Gasteiger charge is -2.53. The van der Waals surface area contributed by atoms with Crippen molar-refractivity contribution in [2.45, 2.75) is 69.7 Å². The van der Waals surface area contributed by atoms with Crippen LogP contribution in [0.4, 0.5) is 4.39 Å². The molecular weight excluding hydrogens is 401 g/mol. The zero-order chi connectivity index (χ0) is 22.3. The van der Waals surface area contributed by atoms with Crippen LogP contribution in [0.25, 0.3) is 0 Å². The molecule has 0 unspecified atom stereocenters. The standard InChI is InChI=1S/C27H34FN3O/c1-27-16-22-23(15-19-7-4-3-5-8-19)31(25(27)10-6-9-24(27)29-22)26(32)18-30(2)17-20-11-13-21(28)14-12-20/h3-5,7-8,11-14,22-25,29H,6,9-10,15-18H2,1-2H3/t22-,23-,24-,25+,27-/m0/s1. The van der Waals surface area contributed by atoms with E-state index in [1.54, 1.807) is 12.1 Å². The van der Waals surface area contributed by atoms with Gasteiger partial charge in [-0.15, -0.1) is 0 Å². The molecule has 2 aromatic carbocycles. The van der Waals surface area contributed by atoms with Gasteiger partial charge in [0.2, 0.25) is 5.91 Å². The molecule has 2 heterocycles. The number of benzene rings is 2. The summed E-state index contributed by atoms with van der Waals surface area (Å²) in [5.74, 6) is -0.00607. The summed E-state index contributed by atoms with van der Waals surface area (Å²) in [5, 5.41) is 3.94. The SMILES string of the molecule is CN(CC(=O)N1[C@@H](Cc2ccccc2)[C@@H]2C[C@@]3(C)[C@H](CCC[C@@H]13)N2)Cc1ccc(F)cc1. The number of hydrogen-bond acceptors (Lipinski definition) is 3. The van der Waals surface area contributed by atoms with E-state index in [0.29, 0.717) is 31.2 Å². The molecular formula is C27H34FN3O. The predicted molar refractivity (Wildman–Crippen MR) is 125 cm³/mol. The van der Waals surface area contributed by atoms with E-state index in [-0.39, 0.29) is 23.2 Å². The molecule has 0 spiro atoms. The second kappa shape index (κ2) is 8.60. The minimum absolute atomic E-state index is 0.168. The Labute approximate surface area is 190 Å². The van der Waals surface area contributed by atoms with Crippen LogP contribution in [0.2, 0.25) is 0 Å². The van der Waals surface area contributed by atoms with Crippen molar-refractivity contribution in [3.05, 3.63) is 71.5 Å². The maximum atomic E-state index is 13.8. The highest BCUT2D eigenvalue weighted by molar-refractivity contribution is 5.79. The normalized spacial score (nSPS) is 31.2. The first-order valence-electron chi connectivity index (χ1n) is 12.0. The number of carbonyl (C=O) groups is 1. The number of carbonyl (C=O) groups excluding carboxylic acids is 1. The van der Waals surface area contributed by atoms with E-state index >= 15 is 0 Å². The Kier molecular flexibility index (Phi) is 5.81. The van der Waals surface area contributed by atoms with Crippen LogP contribution >= 0.6 is 0 Å². The van der Waals surface area contributed by atoms with Gasteiger partial charge in [0.15, 0.2) is 0 Å². The lowest BCUT2D eigenvalue weighted by molar-refractivity contribution is -0.145. The second-order valence-electron chi connectivity index (χ2n) is 10.3. The molecule has 5 heteroatoms. The molecule has 2 aromatic rings. The van der Waals surface area contributed by atoms with Gasteiger partial charge in [0.05, 0.1) is 12.6 Å². The highest BCUT2D eigenvalue weighted by Gasteiger charge is 2.60. The van der Waals surface area contributed by atoms with Gasteiger partial charge in [-0.25, -0.2) is 4.39 Å². The summed E-state index contributed by atoms with van der Waals surface area (Å²) in [6.45, 7) is 3.41. The van der Waals surface area contributed by atoms with Gasteiger partial charge in [0.25, 0.3) is 0 Å². The summed E-state index contributed by atoms with van der Waals surface area (Å²) in [7, 11) is 1.98. The zero-order valence-corrected chi connectivity index (χ0v) is 19.1. The third-order valence-corrected chi connectivity index (χ3v) is 8.11. The van der Waals surface area contributed by atoms with Crippen LogP contribution in [0.5, 0.6) is 0 Å². The van der Waals surface area contributed by atoms with E-state index in [1.165, 1.54) is 30.5 Å². The van der Waals surface area contributed by atoms with Gasteiger partial charge in [-0.3, -0.25) is 9.69 Å². The number of rotatable bonds is 6. The lowest BCUT2D eigenvalue weighted by Crippen LogP contribution is -2.63. The molecule has 1 aliphatic carbocycles. The highest BCUT2D eigenvalue weighted by Crippen LogP contribution is 2.52. The van der Waals surface area contributed by atoms with Gasteiger partial charge in [-0.05, 0) is 62.4 Å². The van der Waals surface area contributed by atoms with Crippen molar-refractivity contribution < 1.29 is 9.18 Å². The van der Waals surface area contributed by atoms with Crippen molar-refractivity contribution in [2.75, 3.05) is 13.6 Å². The first kappa shape index (κ1) is 21.6. The summed E-state index contributed by atoms with van der Waals surface area (Å²) in [6, 6.07) is 18.5. The van der Waals surface area contributed by atoms with E-state index in [9.17, 15) is 9.18 Å². The molecule has 2 bridgehead atoms. The topological polar surface area (TPSA) is 35.6 Å². The number of fused-ring (bicyclic) bond motifs is 1. The molecule has 2 aliphatic heterocycles. The molecule has 5 rings (SSSR count). The average molecular weight is 436 g/mol. The van der Waals surface area contributed by atoms with Crippen molar-refractivity contribution in [3.63, 3.8) is 0 Å². The van der Waals surface area contributed by atoms with E-state index in [1.807, 2.05) is 7.05 Å². The van der Waals surface area contributed by atoms with Gasteiger partial charge in [-0.2, -0.15) is 0 Å². The van der Waals surface area contributed by atoms with Gasteiger partial charge in [-0.1, -0.05) is 49.4 Å². The Morgan fingerprint density at radius 2 is 1.88 bits per heavy atom. The van der Waals surface area contributed by atoms with Gasteiger partial charge < -0.3 is 10.2 Å². The highest BCUT2D eigenvalue weighted by atomic mass is 19.1. The van der Waals surface area contributed by atoms with Gasteiger partial charge in [0.1, 0.15) is 5.82 Å². The molecule has 3 fully saturated rings. The van der Waals surface area contributed by atoms with Crippen LogP contribution in [-0.4, -0.2) is 53.5 Å². The number of halogens is 1. The summed E-state index contributed by atoms with van der Waals surface area (Å²) in [4.78, 5) is 18.1. The molecule has 0 radical (unpaired) electrons. The Balaban J connectivity index is 1.37. The Morgan fingerprint density at radius 3 is 2.62 bits per heavy atom. The minimum atomic E-state index is -0.229. The van der Waals surface area contributed by atoms with E-state index in [2.05, 4.69) is 52.4 Å². The molecule has 0 aromatic heterocycles. The number of hydrogen-bond donors (Lipinski definition) is 1. The summed E-state index contributed by atoms with van der Waals surface area (Å²) in [6.07, 6.45) is 5.55.